The molecule has 4 nitrogen and oxygen atoms in total. The number of carboxylic acids is 1. The Balaban J connectivity index is 4.47. The van der Waals surface area contributed by atoms with Gasteiger partial charge >= 0.3 is 5.97 Å². The molecule has 0 fully saturated rings. The fourth-order valence-electron chi connectivity index (χ4n) is 0.555. The van der Waals surface area contributed by atoms with Gasteiger partial charge in [-0.3, -0.25) is 14.4 Å². The van der Waals surface area contributed by atoms with Crippen LogP contribution >= 0.6 is 0 Å². The second-order valence-electron chi connectivity index (χ2n) is 3.17. The van der Waals surface area contributed by atoms with E-state index in [2.05, 4.69) is 0 Å². The van der Waals surface area contributed by atoms with Crippen molar-refractivity contribution in [1.82, 2.24) is 0 Å². The first kappa shape index (κ1) is 10.8. The lowest BCUT2D eigenvalue weighted by molar-refractivity contribution is -0.144. The van der Waals surface area contributed by atoms with Gasteiger partial charge in [-0.1, -0.05) is 0 Å². The van der Waals surface area contributed by atoms with Gasteiger partial charge in [0.05, 0.1) is 5.41 Å². The summed E-state index contributed by atoms with van der Waals surface area (Å²) in [6.07, 6.45) is -0.591. The molecule has 0 aliphatic heterocycles. The summed E-state index contributed by atoms with van der Waals surface area (Å²) >= 11 is 0. The standard InChI is InChI=1S/C8H12O4/c1-5(9)8(2,3)6(10)4-7(11)12/h4H2,1-3H3,(H,11,12). The Bertz CT molecular complexity index is 227. The third-order valence-corrected chi connectivity index (χ3v) is 1.89. The number of Topliss-reactive ketones (excluding diaryl/α,β-unsaturated/α-hetero) is 2. The van der Waals surface area contributed by atoms with Crippen molar-refractivity contribution in [2.75, 3.05) is 0 Å². The summed E-state index contributed by atoms with van der Waals surface area (Å²) in [7, 11) is 0. The summed E-state index contributed by atoms with van der Waals surface area (Å²) in [5, 5.41) is 8.30. The monoisotopic (exact) mass is 172 g/mol. The van der Waals surface area contributed by atoms with E-state index < -0.39 is 23.6 Å². The molecule has 1 N–H and O–H groups in total. The molecule has 0 atom stereocenters. The minimum Gasteiger partial charge on any atom is -0.481 e. The van der Waals surface area contributed by atoms with Crippen LogP contribution in [0.15, 0.2) is 0 Å². The summed E-state index contributed by atoms with van der Waals surface area (Å²) < 4.78 is 0. The van der Waals surface area contributed by atoms with Gasteiger partial charge in [0.1, 0.15) is 12.2 Å². The molecule has 0 aromatic carbocycles. The van der Waals surface area contributed by atoms with E-state index in [1.807, 2.05) is 0 Å². The smallest absolute Gasteiger partial charge is 0.310 e. The Kier molecular flexibility index (Phi) is 3.13. The van der Waals surface area contributed by atoms with Gasteiger partial charge in [0.25, 0.3) is 0 Å². The molecule has 68 valence electrons. The maximum Gasteiger partial charge on any atom is 0.310 e. The van der Waals surface area contributed by atoms with Crippen molar-refractivity contribution in [1.29, 1.82) is 0 Å². The highest BCUT2D eigenvalue weighted by Crippen LogP contribution is 2.19. The van der Waals surface area contributed by atoms with Crippen LogP contribution in [-0.2, 0) is 14.4 Å². The van der Waals surface area contributed by atoms with E-state index in [0.717, 1.165) is 0 Å². The maximum atomic E-state index is 11.1. The van der Waals surface area contributed by atoms with Crippen LogP contribution in [0.25, 0.3) is 0 Å². The molecule has 4 heteroatoms. The second kappa shape index (κ2) is 3.47. The first-order valence-electron chi connectivity index (χ1n) is 3.54. The Morgan fingerprint density at radius 2 is 1.67 bits per heavy atom. The highest BCUT2D eigenvalue weighted by molar-refractivity contribution is 6.10. The zero-order valence-electron chi connectivity index (χ0n) is 7.38. The highest BCUT2D eigenvalue weighted by atomic mass is 16.4. The largest absolute Gasteiger partial charge is 0.481 e. The normalized spacial score (nSPS) is 10.9. The number of aliphatic carboxylic acids is 1. The molecule has 0 unspecified atom stereocenters. The molecule has 0 heterocycles. The van der Waals surface area contributed by atoms with Crippen molar-refractivity contribution < 1.29 is 19.5 Å². The molecule has 0 saturated carbocycles. The van der Waals surface area contributed by atoms with Gasteiger partial charge in [-0.05, 0) is 20.8 Å². The lowest BCUT2D eigenvalue weighted by Crippen LogP contribution is -2.33. The van der Waals surface area contributed by atoms with E-state index in [1.54, 1.807) is 0 Å². The molecule has 0 bridgehead atoms. The van der Waals surface area contributed by atoms with Gasteiger partial charge in [0, 0.05) is 0 Å². The zero-order valence-corrected chi connectivity index (χ0v) is 7.38. The van der Waals surface area contributed by atoms with Crippen molar-refractivity contribution in [3.05, 3.63) is 0 Å². The van der Waals surface area contributed by atoms with E-state index in [-0.39, 0.29) is 5.78 Å². The number of carbonyl (C=O) groups is 3. The van der Waals surface area contributed by atoms with E-state index in [9.17, 15) is 14.4 Å². The van der Waals surface area contributed by atoms with Crippen molar-refractivity contribution in [3.63, 3.8) is 0 Å². The van der Waals surface area contributed by atoms with Crippen LogP contribution in [0.2, 0.25) is 0 Å². The van der Waals surface area contributed by atoms with Gasteiger partial charge in [-0.25, -0.2) is 0 Å². The molecule has 0 saturated heterocycles. The van der Waals surface area contributed by atoms with Gasteiger partial charge in [0.15, 0.2) is 5.78 Å². The Morgan fingerprint density at radius 1 is 1.25 bits per heavy atom. The van der Waals surface area contributed by atoms with Crippen LogP contribution < -0.4 is 0 Å². The zero-order chi connectivity index (χ0) is 9.94. The molecule has 0 radical (unpaired) electrons. The van der Waals surface area contributed by atoms with Crippen molar-refractivity contribution in [3.8, 4) is 0 Å². The molecule has 0 amide bonds. The van der Waals surface area contributed by atoms with Crippen LogP contribution in [0.4, 0.5) is 0 Å². The van der Waals surface area contributed by atoms with E-state index >= 15 is 0 Å². The highest BCUT2D eigenvalue weighted by Gasteiger charge is 2.33. The average molecular weight is 172 g/mol. The number of carboxylic acid groups (broad SMARTS) is 1. The second-order valence-corrected chi connectivity index (χ2v) is 3.17. The number of hydrogen-bond donors (Lipinski definition) is 1. The Morgan fingerprint density at radius 3 is 1.92 bits per heavy atom. The van der Waals surface area contributed by atoms with Crippen LogP contribution in [0.1, 0.15) is 27.2 Å². The number of ketones is 2. The lowest BCUT2D eigenvalue weighted by Gasteiger charge is -2.17. The molecular formula is C8H12O4. The van der Waals surface area contributed by atoms with Crippen LogP contribution in [0.3, 0.4) is 0 Å². The summed E-state index contributed by atoms with van der Waals surface area (Å²) in [6, 6.07) is 0. The Hall–Kier alpha value is -1.19. The minimum atomic E-state index is -1.20. The molecule has 0 rings (SSSR count). The Labute approximate surface area is 70.6 Å². The van der Waals surface area contributed by atoms with Crippen molar-refractivity contribution in [2.45, 2.75) is 27.2 Å². The average Bonchev–Trinajstić information content (AvgIpc) is 1.85. The maximum absolute atomic E-state index is 11.1. The van der Waals surface area contributed by atoms with Crippen LogP contribution in [-0.4, -0.2) is 22.6 Å². The number of carbonyl (C=O) groups excluding carboxylic acids is 2. The molecule has 0 aromatic heterocycles. The van der Waals surface area contributed by atoms with Crippen molar-refractivity contribution >= 4 is 17.5 Å². The molecule has 0 aliphatic carbocycles. The SMILES string of the molecule is CC(=O)C(C)(C)C(=O)CC(=O)O. The summed E-state index contributed by atoms with van der Waals surface area (Å²) in [5.74, 6) is -2.06. The quantitative estimate of drug-likeness (QED) is 0.632. The lowest BCUT2D eigenvalue weighted by atomic mass is 9.83. The fraction of sp³-hybridized carbons (Fsp3) is 0.625. The predicted molar refractivity (Wildman–Crippen MR) is 41.7 cm³/mol. The summed E-state index contributed by atoms with van der Waals surface area (Å²) in [4.78, 5) is 32.1. The van der Waals surface area contributed by atoms with E-state index in [4.69, 9.17) is 5.11 Å². The topological polar surface area (TPSA) is 71.4 Å². The van der Waals surface area contributed by atoms with Crippen LogP contribution in [0.5, 0.6) is 0 Å². The molecule has 0 aromatic rings. The fourth-order valence-corrected chi connectivity index (χ4v) is 0.555. The van der Waals surface area contributed by atoms with Gasteiger partial charge < -0.3 is 5.11 Å². The number of hydrogen-bond acceptors (Lipinski definition) is 3. The van der Waals surface area contributed by atoms with E-state index in [1.165, 1.54) is 20.8 Å². The minimum absolute atomic E-state index is 0.311. The number of rotatable bonds is 4. The molecule has 0 aliphatic rings. The van der Waals surface area contributed by atoms with Gasteiger partial charge in [-0.15, -0.1) is 0 Å². The van der Waals surface area contributed by atoms with Gasteiger partial charge in [-0.2, -0.15) is 0 Å². The van der Waals surface area contributed by atoms with Crippen molar-refractivity contribution in [2.24, 2.45) is 5.41 Å². The molecular weight excluding hydrogens is 160 g/mol. The van der Waals surface area contributed by atoms with Gasteiger partial charge in [0.2, 0.25) is 0 Å². The summed E-state index contributed by atoms with van der Waals surface area (Å²) in [6.45, 7) is 4.14. The van der Waals surface area contributed by atoms with E-state index in [0.29, 0.717) is 0 Å². The third-order valence-electron chi connectivity index (χ3n) is 1.89. The van der Waals surface area contributed by atoms with Crippen LogP contribution in [0, 0.1) is 5.41 Å². The first-order valence-corrected chi connectivity index (χ1v) is 3.54. The molecule has 0 spiro atoms. The predicted octanol–water partition coefficient (Wildman–Crippen LogP) is 0.645. The third kappa shape index (κ3) is 2.45. The first-order chi connectivity index (χ1) is 5.28. The molecule has 12 heavy (non-hydrogen) atoms. The summed E-state index contributed by atoms with van der Waals surface area (Å²) in [5.41, 5.74) is -1.17.